The summed E-state index contributed by atoms with van der Waals surface area (Å²) in [7, 11) is 2.03. The summed E-state index contributed by atoms with van der Waals surface area (Å²) < 4.78 is 0. The van der Waals surface area contributed by atoms with E-state index in [0.29, 0.717) is 6.54 Å². The lowest BCUT2D eigenvalue weighted by molar-refractivity contribution is 0.252. The van der Waals surface area contributed by atoms with Crippen LogP contribution in [-0.2, 0) is 6.54 Å². The average molecular weight is 339 g/mol. The molecule has 0 bridgehead atoms. The Balaban J connectivity index is 1.87. The topological polar surface area (TPSA) is 49.0 Å². The molecule has 1 aromatic carbocycles. The van der Waals surface area contributed by atoms with Gasteiger partial charge in [0.05, 0.1) is 0 Å². The second-order valence-corrected chi connectivity index (χ2v) is 6.83. The van der Waals surface area contributed by atoms with Gasteiger partial charge in [0.15, 0.2) is 0 Å². The molecule has 1 N–H and O–H groups in total. The number of aromatic nitrogens is 2. The minimum absolute atomic E-state index is 0.0190. The highest BCUT2D eigenvalue weighted by atomic mass is 32.2. The average Bonchev–Trinajstić information content (AvgIpc) is 2.62. The summed E-state index contributed by atoms with van der Waals surface area (Å²) in [6.07, 6.45) is 5.63. The summed E-state index contributed by atoms with van der Waals surface area (Å²) >= 11 is 1.67. The van der Waals surface area contributed by atoms with Crippen LogP contribution in [0.1, 0.15) is 24.1 Å². The maximum atomic E-state index is 12.4. The number of fused-ring (bicyclic) bond motifs is 1. The third kappa shape index (κ3) is 3.52. The summed E-state index contributed by atoms with van der Waals surface area (Å²) in [4.78, 5) is 22.8. The first-order valence-electron chi connectivity index (χ1n) is 7.88. The van der Waals surface area contributed by atoms with Gasteiger partial charge in [0.2, 0.25) is 0 Å². The fraction of sp³-hybridized carbons (Fsp3) is 0.263. The predicted molar refractivity (Wildman–Crippen MR) is 100 cm³/mol. The molecule has 2 aromatic heterocycles. The first-order valence-corrected chi connectivity index (χ1v) is 9.11. The third-order valence-electron chi connectivity index (χ3n) is 4.40. The van der Waals surface area contributed by atoms with Crippen LogP contribution in [0.4, 0.5) is 0 Å². The van der Waals surface area contributed by atoms with Crippen molar-refractivity contribution >= 4 is 22.7 Å². The zero-order valence-corrected chi connectivity index (χ0v) is 14.9. The summed E-state index contributed by atoms with van der Waals surface area (Å²) in [5, 5.41) is 1.06. The van der Waals surface area contributed by atoms with Crippen molar-refractivity contribution in [2.24, 2.45) is 0 Å². The van der Waals surface area contributed by atoms with Crippen LogP contribution in [0.3, 0.4) is 0 Å². The Morgan fingerprint density at radius 3 is 2.67 bits per heavy atom. The van der Waals surface area contributed by atoms with Crippen LogP contribution in [0.15, 0.2) is 58.5 Å². The first-order chi connectivity index (χ1) is 11.6. The number of nitrogens with zero attached hydrogens (tertiary/aromatic N) is 2. The van der Waals surface area contributed by atoms with Crippen LogP contribution in [0.5, 0.6) is 0 Å². The summed E-state index contributed by atoms with van der Waals surface area (Å²) in [6, 6.07) is 12.4. The number of hydrogen-bond donors (Lipinski definition) is 1. The van der Waals surface area contributed by atoms with Crippen molar-refractivity contribution in [1.82, 2.24) is 14.9 Å². The van der Waals surface area contributed by atoms with Gasteiger partial charge < -0.3 is 4.98 Å². The maximum absolute atomic E-state index is 12.4. The molecule has 0 aliphatic carbocycles. The molecule has 2 heterocycles. The number of benzene rings is 1. The van der Waals surface area contributed by atoms with Crippen LogP contribution in [0.2, 0.25) is 0 Å². The maximum Gasteiger partial charge on any atom is 0.252 e. The van der Waals surface area contributed by atoms with E-state index in [4.69, 9.17) is 0 Å². The van der Waals surface area contributed by atoms with Gasteiger partial charge in [-0.25, -0.2) is 0 Å². The Morgan fingerprint density at radius 2 is 1.96 bits per heavy atom. The van der Waals surface area contributed by atoms with E-state index in [2.05, 4.69) is 33.9 Å². The fourth-order valence-electron chi connectivity index (χ4n) is 2.77. The lowest BCUT2D eigenvalue weighted by atomic mass is 10.1. The van der Waals surface area contributed by atoms with Crippen LogP contribution < -0.4 is 5.56 Å². The van der Waals surface area contributed by atoms with Gasteiger partial charge in [0.1, 0.15) is 0 Å². The van der Waals surface area contributed by atoms with E-state index in [0.717, 1.165) is 21.4 Å². The molecule has 0 aliphatic heterocycles. The van der Waals surface area contributed by atoms with Gasteiger partial charge in [-0.3, -0.25) is 14.7 Å². The smallest absolute Gasteiger partial charge is 0.252 e. The molecule has 0 spiro atoms. The zero-order valence-electron chi connectivity index (χ0n) is 14.1. The van der Waals surface area contributed by atoms with Gasteiger partial charge in [0, 0.05) is 41.0 Å². The highest BCUT2D eigenvalue weighted by molar-refractivity contribution is 7.98. The van der Waals surface area contributed by atoms with Gasteiger partial charge >= 0.3 is 0 Å². The predicted octanol–water partition coefficient (Wildman–Crippen LogP) is 3.84. The first kappa shape index (κ1) is 16.7. The number of H-pyrrole nitrogens is 1. The number of aromatic amines is 1. The molecule has 24 heavy (non-hydrogen) atoms. The van der Waals surface area contributed by atoms with E-state index < -0.39 is 0 Å². The van der Waals surface area contributed by atoms with E-state index >= 15 is 0 Å². The molecule has 0 fully saturated rings. The fourth-order valence-corrected chi connectivity index (χ4v) is 3.21. The monoisotopic (exact) mass is 339 g/mol. The van der Waals surface area contributed by atoms with Crippen molar-refractivity contribution in [1.29, 1.82) is 0 Å². The van der Waals surface area contributed by atoms with Gasteiger partial charge in [-0.15, -0.1) is 11.8 Å². The minimum atomic E-state index is -0.0190. The van der Waals surface area contributed by atoms with Crippen molar-refractivity contribution in [2.75, 3.05) is 13.3 Å². The molecule has 0 radical (unpaired) electrons. The molecule has 1 atom stereocenters. The highest BCUT2D eigenvalue weighted by Crippen LogP contribution is 2.22. The molecule has 124 valence electrons. The molecule has 5 heteroatoms. The lowest BCUT2D eigenvalue weighted by Crippen LogP contribution is -2.26. The Morgan fingerprint density at radius 1 is 1.21 bits per heavy atom. The van der Waals surface area contributed by atoms with E-state index in [-0.39, 0.29) is 11.6 Å². The highest BCUT2D eigenvalue weighted by Gasteiger charge is 2.14. The lowest BCUT2D eigenvalue weighted by Gasteiger charge is -2.24. The Kier molecular flexibility index (Phi) is 5.02. The second kappa shape index (κ2) is 7.20. The van der Waals surface area contributed by atoms with Gasteiger partial charge in [0.25, 0.3) is 5.56 Å². The normalized spacial score (nSPS) is 12.7. The van der Waals surface area contributed by atoms with Crippen molar-refractivity contribution < 1.29 is 0 Å². The van der Waals surface area contributed by atoms with E-state index in [1.54, 1.807) is 24.2 Å². The number of pyridine rings is 2. The van der Waals surface area contributed by atoms with E-state index in [1.165, 1.54) is 5.56 Å². The summed E-state index contributed by atoms with van der Waals surface area (Å²) in [6.45, 7) is 2.73. The zero-order chi connectivity index (χ0) is 17.1. The molecular formula is C19H21N3OS. The number of thioether (sulfide) groups is 1. The summed E-state index contributed by atoms with van der Waals surface area (Å²) in [5.74, 6) is 0. The van der Waals surface area contributed by atoms with E-state index in [1.807, 2.05) is 37.6 Å². The van der Waals surface area contributed by atoms with Crippen LogP contribution in [-0.4, -0.2) is 28.2 Å². The molecule has 0 unspecified atom stereocenters. The Bertz CT molecular complexity index is 892. The van der Waals surface area contributed by atoms with Crippen LogP contribution >= 0.6 is 11.8 Å². The van der Waals surface area contributed by atoms with Crippen LogP contribution in [0.25, 0.3) is 10.9 Å². The molecule has 0 saturated carbocycles. The number of rotatable bonds is 5. The molecule has 3 aromatic rings. The SMILES string of the molecule is CSc1ccc2cc(CN(C)[C@H](C)c3ccncc3)c(=O)[nH]c2c1. The van der Waals surface area contributed by atoms with Crippen molar-refractivity contribution in [2.45, 2.75) is 24.4 Å². The largest absolute Gasteiger partial charge is 0.322 e. The molecule has 3 rings (SSSR count). The number of hydrogen-bond acceptors (Lipinski definition) is 4. The van der Waals surface area contributed by atoms with Crippen LogP contribution in [0, 0.1) is 0 Å². The Hall–Kier alpha value is -2.11. The second-order valence-electron chi connectivity index (χ2n) is 5.95. The summed E-state index contributed by atoms with van der Waals surface area (Å²) in [5.41, 5.74) is 2.84. The van der Waals surface area contributed by atoms with Crippen molar-refractivity contribution in [3.63, 3.8) is 0 Å². The molecule has 0 aliphatic rings. The van der Waals surface area contributed by atoms with E-state index in [9.17, 15) is 4.79 Å². The molecule has 0 amide bonds. The molecule has 0 saturated heterocycles. The van der Waals surface area contributed by atoms with Crippen molar-refractivity contribution in [3.8, 4) is 0 Å². The van der Waals surface area contributed by atoms with Crippen molar-refractivity contribution in [3.05, 3.63) is 70.3 Å². The molecule has 4 nitrogen and oxygen atoms in total. The third-order valence-corrected chi connectivity index (χ3v) is 5.12. The standard InChI is InChI=1S/C19H21N3OS/c1-13(14-6-8-20-9-7-14)22(2)12-16-10-15-4-5-17(24-3)11-18(15)21-19(16)23/h4-11,13H,12H2,1-3H3,(H,21,23)/t13-/m1/s1. The minimum Gasteiger partial charge on any atom is -0.322 e. The molecular weight excluding hydrogens is 318 g/mol. The Labute approximate surface area is 145 Å². The van der Waals surface area contributed by atoms with Gasteiger partial charge in [-0.05, 0) is 61.5 Å². The van der Waals surface area contributed by atoms with Gasteiger partial charge in [-0.2, -0.15) is 0 Å². The van der Waals surface area contributed by atoms with Gasteiger partial charge in [-0.1, -0.05) is 6.07 Å². The number of nitrogens with one attached hydrogen (secondary N) is 1. The quantitative estimate of drug-likeness (QED) is 0.718.